The Balaban J connectivity index is 5.37. The second-order valence-corrected chi connectivity index (χ2v) is 8.49. The summed E-state index contributed by atoms with van der Waals surface area (Å²) in [7, 11) is 0. The summed E-state index contributed by atoms with van der Waals surface area (Å²) in [5.74, 6) is -3.91. The number of hydrogen-bond donors (Lipinski definition) is 11. The number of nitrogens with one attached hydrogen (secondary N) is 3. The highest BCUT2D eigenvalue weighted by Gasteiger charge is 2.29. The number of aliphatic imine (C=N–C) groups is 2. The van der Waals surface area contributed by atoms with Crippen molar-refractivity contribution in [1.29, 1.82) is 0 Å². The van der Waals surface area contributed by atoms with Crippen molar-refractivity contribution in [1.82, 2.24) is 16.0 Å². The summed E-state index contributed by atoms with van der Waals surface area (Å²) >= 11 is 0. The maximum atomic E-state index is 12.9. The number of carboxylic acid groups (broad SMARTS) is 1. The van der Waals surface area contributed by atoms with Crippen molar-refractivity contribution in [2.45, 2.75) is 69.1 Å². The zero-order chi connectivity index (χ0) is 29.1. The predicted octanol–water partition coefficient (Wildman–Crippen LogP) is -4.92. The second-order valence-electron chi connectivity index (χ2n) is 8.49. The fourth-order valence-electron chi connectivity index (χ4n) is 3.19. The lowest BCUT2D eigenvalue weighted by molar-refractivity contribution is -0.142. The van der Waals surface area contributed by atoms with E-state index < -0.39 is 54.5 Å². The Morgan fingerprint density at radius 2 is 1.16 bits per heavy atom. The van der Waals surface area contributed by atoms with Gasteiger partial charge in [0.1, 0.15) is 18.1 Å². The molecule has 0 aliphatic carbocycles. The smallest absolute Gasteiger partial charge is 0.326 e. The number of aliphatic hydroxyl groups excluding tert-OH is 1. The molecule has 17 N–H and O–H groups in total. The van der Waals surface area contributed by atoms with Crippen molar-refractivity contribution in [3.8, 4) is 0 Å². The fraction of sp³-hybridized carbons (Fsp3) is 0.714. The molecule has 0 aromatic rings. The molecule has 0 saturated heterocycles. The summed E-state index contributed by atoms with van der Waals surface area (Å²) in [4.78, 5) is 57.3. The standard InChI is InChI=1S/C21H43N11O6/c22-8-2-1-5-12(23)16(34)32-15(11-33)18(36)30-13(6-3-9-28-20(24)25)17(35)31-14(19(37)38)7-4-10-29-21(26)27/h12-15,33H,1-11,22-23H2,(H,30,36)(H,31,35)(H,32,34)(H,37,38)(H4,24,25,28)(H4,26,27,29). The van der Waals surface area contributed by atoms with Gasteiger partial charge in [-0.15, -0.1) is 0 Å². The molecular weight excluding hydrogens is 502 g/mol. The van der Waals surface area contributed by atoms with E-state index in [9.17, 15) is 29.4 Å². The fourth-order valence-corrected chi connectivity index (χ4v) is 3.19. The molecule has 0 radical (unpaired) electrons. The highest BCUT2D eigenvalue weighted by atomic mass is 16.4. The molecule has 0 aromatic heterocycles. The molecule has 0 saturated carbocycles. The summed E-state index contributed by atoms with van der Waals surface area (Å²) < 4.78 is 0. The Labute approximate surface area is 221 Å². The van der Waals surface area contributed by atoms with Gasteiger partial charge in [0.05, 0.1) is 12.6 Å². The molecule has 38 heavy (non-hydrogen) atoms. The van der Waals surface area contributed by atoms with Crippen molar-refractivity contribution in [3.63, 3.8) is 0 Å². The number of nitrogens with zero attached hydrogens (tertiary/aromatic N) is 2. The number of carbonyl (C=O) groups is 4. The minimum Gasteiger partial charge on any atom is -0.480 e. The third-order valence-electron chi connectivity index (χ3n) is 5.26. The molecule has 0 aliphatic heterocycles. The minimum atomic E-state index is -1.40. The number of aliphatic hydroxyl groups is 1. The van der Waals surface area contributed by atoms with E-state index >= 15 is 0 Å². The van der Waals surface area contributed by atoms with Gasteiger partial charge in [0.2, 0.25) is 17.7 Å². The first-order chi connectivity index (χ1) is 17.9. The number of nitrogens with two attached hydrogens (primary N) is 6. The zero-order valence-corrected chi connectivity index (χ0v) is 21.5. The molecule has 4 atom stereocenters. The number of amides is 3. The zero-order valence-electron chi connectivity index (χ0n) is 21.5. The molecule has 4 unspecified atom stereocenters. The van der Waals surface area contributed by atoms with Crippen LogP contribution in [0.4, 0.5) is 0 Å². The van der Waals surface area contributed by atoms with Gasteiger partial charge >= 0.3 is 5.97 Å². The highest BCUT2D eigenvalue weighted by molar-refractivity contribution is 5.94. The van der Waals surface area contributed by atoms with Crippen LogP contribution in [0.15, 0.2) is 9.98 Å². The molecule has 0 spiro atoms. The van der Waals surface area contributed by atoms with Crippen LogP contribution in [0.1, 0.15) is 44.9 Å². The van der Waals surface area contributed by atoms with Gasteiger partial charge in [-0.1, -0.05) is 6.42 Å². The highest BCUT2D eigenvalue weighted by Crippen LogP contribution is 2.05. The lowest BCUT2D eigenvalue weighted by atomic mass is 10.1. The molecule has 0 fully saturated rings. The lowest BCUT2D eigenvalue weighted by Crippen LogP contribution is -2.58. The first kappa shape index (κ1) is 34.3. The van der Waals surface area contributed by atoms with E-state index in [1.165, 1.54) is 0 Å². The molecule has 218 valence electrons. The molecule has 0 rings (SSSR count). The van der Waals surface area contributed by atoms with E-state index in [-0.39, 0.29) is 50.7 Å². The van der Waals surface area contributed by atoms with Gasteiger partial charge < -0.3 is 60.6 Å². The SMILES string of the molecule is NCCCCC(N)C(=O)NC(CO)C(=O)NC(CCCN=C(N)N)C(=O)NC(CCCN=C(N)N)C(=O)O. The van der Waals surface area contributed by atoms with E-state index in [1.54, 1.807) is 0 Å². The molecule has 0 bridgehead atoms. The number of guanidine groups is 2. The third-order valence-corrected chi connectivity index (χ3v) is 5.26. The molecule has 0 aromatic carbocycles. The summed E-state index contributed by atoms with van der Waals surface area (Å²) in [6.07, 6.45) is 2.17. The number of unbranched alkanes of at least 4 members (excludes halogenated alkanes) is 1. The number of aliphatic carboxylic acids is 1. The van der Waals surface area contributed by atoms with Gasteiger partial charge in [0, 0.05) is 13.1 Å². The summed E-state index contributed by atoms with van der Waals surface area (Å²) in [6, 6.07) is -4.82. The number of carbonyl (C=O) groups excluding carboxylic acids is 3. The van der Waals surface area contributed by atoms with Crippen LogP contribution in [0.5, 0.6) is 0 Å². The maximum Gasteiger partial charge on any atom is 0.326 e. The Morgan fingerprint density at radius 3 is 1.63 bits per heavy atom. The number of rotatable bonds is 20. The van der Waals surface area contributed by atoms with Gasteiger partial charge in [-0.05, 0) is 45.1 Å². The first-order valence-electron chi connectivity index (χ1n) is 12.2. The van der Waals surface area contributed by atoms with Gasteiger partial charge in [0.25, 0.3) is 0 Å². The quantitative estimate of drug-likeness (QED) is 0.0389. The van der Waals surface area contributed by atoms with E-state index in [2.05, 4.69) is 25.9 Å². The number of carboxylic acids is 1. The van der Waals surface area contributed by atoms with Crippen LogP contribution in [-0.4, -0.2) is 96.2 Å². The van der Waals surface area contributed by atoms with Gasteiger partial charge in [-0.3, -0.25) is 24.4 Å². The maximum absolute atomic E-state index is 12.9. The van der Waals surface area contributed by atoms with Crippen molar-refractivity contribution in [2.75, 3.05) is 26.2 Å². The minimum absolute atomic E-state index is 0.0177. The summed E-state index contributed by atoms with van der Waals surface area (Å²) in [5.41, 5.74) is 32.3. The lowest BCUT2D eigenvalue weighted by Gasteiger charge is -2.24. The van der Waals surface area contributed by atoms with Crippen LogP contribution in [0.2, 0.25) is 0 Å². The van der Waals surface area contributed by atoms with E-state index in [0.717, 1.165) is 0 Å². The van der Waals surface area contributed by atoms with Crippen LogP contribution >= 0.6 is 0 Å². The first-order valence-corrected chi connectivity index (χ1v) is 12.2. The van der Waals surface area contributed by atoms with Crippen LogP contribution in [-0.2, 0) is 19.2 Å². The molecule has 3 amide bonds. The van der Waals surface area contributed by atoms with Gasteiger partial charge in [0.15, 0.2) is 11.9 Å². The molecule has 0 heterocycles. The molecular formula is C21H43N11O6. The summed E-state index contributed by atoms with van der Waals surface area (Å²) in [6.45, 7) is -0.0206. The van der Waals surface area contributed by atoms with Crippen molar-refractivity contribution in [3.05, 3.63) is 0 Å². The Kier molecular flexibility index (Phi) is 17.5. The predicted molar refractivity (Wildman–Crippen MR) is 141 cm³/mol. The van der Waals surface area contributed by atoms with Crippen molar-refractivity contribution in [2.24, 2.45) is 44.4 Å². The van der Waals surface area contributed by atoms with E-state index in [4.69, 9.17) is 34.4 Å². The van der Waals surface area contributed by atoms with Crippen LogP contribution < -0.4 is 50.4 Å². The monoisotopic (exact) mass is 545 g/mol. The average Bonchev–Trinajstić information content (AvgIpc) is 2.85. The average molecular weight is 546 g/mol. The van der Waals surface area contributed by atoms with E-state index in [1.807, 2.05) is 0 Å². The topological polar surface area (TPSA) is 326 Å². The number of hydrogen-bond acceptors (Lipinski definition) is 9. The summed E-state index contributed by atoms with van der Waals surface area (Å²) in [5, 5.41) is 26.3. The largest absolute Gasteiger partial charge is 0.480 e. The Morgan fingerprint density at radius 1 is 0.684 bits per heavy atom. The van der Waals surface area contributed by atoms with Crippen LogP contribution in [0, 0.1) is 0 Å². The van der Waals surface area contributed by atoms with Gasteiger partial charge in [-0.2, -0.15) is 0 Å². The van der Waals surface area contributed by atoms with E-state index in [0.29, 0.717) is 25.8 Å². The molecule has 0 aliphatic rings. The Bertz CT molecular complexity index is 815. The van der Waals surface area contributed by atoms with Crippen molar-refractivity contribution < 1.29 is 29.4 Å². The van der Waals surface area contributed by atoms with Crippen LogP contribution in [0.25, 0.3) is 0 Å². The van der Waals surface area contributed by atoms with Crippen LogP contribution in [0.3, 0.4) is 0 Å². The normalized spacial score (nSPS) is 13.8. The Hall–Kier alpha value is -3.70. The molecule has 17 heteroatoms. The van der Waals surface area contributed by atoms with Gasteiger partial charge in [-0.25, -0.2) is 4.79 Å². The third kappa shape index (κ3) is 15.4. The molecule has 17 nitrogen and oxygen atoms in total. The second kappa shape index (κ2) is 19.4. The van der Waals surface area contributed by atoms with Crippen molar-refractivity contribution >= 4 is 35.6 Å².